The van der Waals surface area contributed by atoms with Gasteiger partial charge in [-0.15, -0.1) is 0 Å². The highest BCUT2D eigenvalue weighted by molar-refractivity contribution is 5.91. The molecule has 0 saturated heterocycles. The smallest absolute Gasteiger partial charge is 0.143 e. The molecule has 0 aliphatic carbocycles. The van der Waals surface area contributed by atoms with Crippen molar-refractivity contribution in [3.8, 4) is 5.75 Å². The third kappa shape index (κ3) is 2.66. The van der Waals surface area contributed by atoms with Crippen LogP contribution in [0.25, 0.3) is 10.9 Å². The van der Waals surface area contributed by atoms with E-state index in [0.29, 0.717) is 6.61 Å². The maximum atomic E-state index is 6.49. The predicted octanol–water partition coefficient (Wildman–Crippen LogP) is 4.14. The highest BCUT2D eigenvalue weighted by Crippen LogP contribution is 2.42. The molecule has 1 atom stereocenters. The van der Waals surface area contributed by atoms with Gasteiger partial charge in [-0.1, -0.05) is 6.92 Å². The number of likely N-dealkylation sites (N-methyl/N-ethyl adjacent to an activating group) is 1. The molecule has 0 N–H and O–H groups in total. The number of benzene rings is 1. The molecule has 0 saturated carbocycles. The Hall–Kier alpha value is -2.33. The Labute approximate surface area is 167 Å². The molecule has 28 heavy (non-hydrogen) atoms. The van der Waals surface area contributed by atoms with Crippen LogP contribution in [0.2, 0.25) is 0 Å². The number of quaternary nitrogens is 1. The number of nitrogens with zero attached hydrogens (tertiary/aromatic N) is 3. The topological polar surface area (TPSA) is 27.1 Å². The number of hydrogen-bond donors (Lipinski definition) is 0. The summed E-state index contributed by atoms with van der Waals surface area (Å²) < 4.78 is 10.1. The summed E-state index contributed by atoms with van der Waals surface area (Å²) in [4.78, 5) is 4.41. The third-order valence-corrected chi connectivity index (χ3v) is 6.68. The lowest BCUT2D eigenvalue weighted by molar-refractivity contribution is -0.905. The quantitative estimate of drug-likeness (QED) is 0.597. The maximum absolute atomic E-state index is 6.49. The van der Waals surface area contributed by atoms with E-state index >= 15 is 0 Å². The largest absolute Gasteiger partial charge is 0.490 e. The standard InChI is InChI=1S/C24H30N3O/c1-16-10-19-20-13-27(4,5)9-7-21(20)26-14-24(3,15-28-22(11-16)23(19)26)18-6-8-25-17(2)12-18/h6,8,10-12H,7,9,13-15H2,1-5H3/q+1. The first-order valence-electron chi connectivity index (χ1n) is 10.3. The Morgan fingerprint density at radius 3 is 2.79 bits per heavy atom. The molecule has 4 heteroatoms. The highest BCUT2D eigenvalue weighted by atomic mass is 16.5. The van der Waals surface area contributed by atoms with Crippen LogP contribution in [-0.2, 0) is 24.9 Å². The van der Waals surface area contributed by atoms with Crippen LogP contribution in [0.15, 0.2) is 30.5 Å². The fourth-order valence-corrected chi connectivity index (χ4v) is 5.10. The summed E-state index contributed by atoms with van der Waals surface area (Å²) in [6, 6.07) is 8.96. The van der Waals surface area contributed by atoms with Crippen LogP contribution in [0.3, 0.4) is 0 Å². The molecule has 2 aliphatic heterocycles. The molecule has 4 nitrogen and oxygen atoms in total. The van der Waals surface area contributed by atoms with Crippen LogP contribution >= 0.6 is 0 Å². The van der Waals surface area contributed by atoms with E-state index in [-0.39, 0.29) is 5.41 Å². The van der Waals surface area contributed by atoms with Gasteiger partial charge in [-0.05, 0) is 49.2 Å². The molecule has 5 rings (SSSR count). The fourth-order valence-electron chi connectivity index (χ4n) is 5.10. The van der Waals surface area contributed by atoms with E-state index in [1.165, 1.54) is 39.8 Å². The van der Waals surface area contributed by atoms with E-state index in [0.717, 1.165) is 35.4 Å². The minimum absolute atomic E-state index is 0.0812. The summed E-state index contributed by atoms with van der Waals surface area (Å²) in [6.45, 7) is 10.5. The second kappa shape index (κ2) is 5.84. The summed E-state index contributed by atoms with van der Waals surface area (Å²) in [5.41, 5.74) is 7.91. The van der Waals surface area contributed by atoms with Crippen molar-refractivity contribution in [1.82, 2.24) is 9.55 Å². The van der Waals surface area contributed by atoms with Crippen molar-refractivity contribution in [2.45, 2.75) is 45.7 Å². The lowest BCUT2D eigenvalue weighted by atomic mass is 9.83. The van der Waals surface area contributed by atoms with Crippen LogP contribution in [0.5, 0.6) is 5.75 Å². The van der Waals surface area contributed by atoms with Gasteiger partial charge in [0.1, 0.15) is 12.3 Å². The number of rotatable bonds is 1. The van der Waals surface area contributed by atoms with Crippen LogP contribution in [-0.4, -0.2) is 41.3 Å². The molecule has 1 aromatic carbocycles. The number of ether oxygens (including phenoxy) is 1. The van der Waals surface area contributed by atoms with Crippen LogP contribution in [0.4, 0.5) is 0 Å². The molecule has 0 amide bonds. The third-order valence-electron chi connectivity index (χ3n) is 6.68. The van der Waals surface area contributed by atoms with Gasteiger partial charge in [-0.2, -0.15) is 0 Å². The molecule has 0 spiro atoms. The van der Waals surface area contributed by atoms with Crippen molar-refractivity contribution in [2.24, 2.45) is 0 Å². The van der Waals surface area contributed by atoms with Gasteiger partial charge in [-0.25, -0.2) is 0 Å². The molecule has 3 aromatic rings. The number of aryl methyl sites for hydroxylation is 2. The number of pyridine rings is 1. The van der Waals surface area contributed by atoms with Crippen LogP contribution in [0.1, 0.15) is 35.0 Å². The Kier molecular flexibility index (Phi) is 3.70. The van der Waals surface area contributed by atoms with E-state index in [1.807, 2.05) is 6.20 Å². The van der Waals surface area contributed by atoms with E-state index < -0.39 is 0 Å². The first-order valence-corrected chi connectivity index (χ1v) is 10.3. The summed E-state index contributed by atoms with van der Waals surface area (Å²) in [5.74, 6) is 1.05. The van der Waals surface area contributed by atoms with Gasteiger partial charge >= 0.3 is 0 Å². The summed E-state index contributed by atoms with van der Waals surface area (Å²) in [7, 11) is 4.68. The van der Waals surface area contributed by atoms with Gasteiger partial charge in [0.15, 0.2) is 0 Å². The lowest BCUT2D eigenvalue weighted by Gasteiger charge is -2.35. The molecule has 0 bridgehead atoms. The van der Waals surface area contributed by atoms with Crippen molar-refractivity contribution in [3.05, 3.63) is 58.5 Å². The SMILES string of the molecule is Cc1cc2c3c(c1)c1c(n3CC(C)(c3ccnc(C)c3)CO2)CC[N+](C)(C)C1. The Bertz CT molecular complexity index is 1090. The number of aromatic nitrogens is 2. The van der Waals surface area contributed by atoms with Crippen molar-refractivity contribution in [1.29, 1.82) is 0 Å². The first kappa shape index (κ1) is 17.7. The van der Waals surface area contributed by atoms with Gasteiger partial charge in [0, 0.05) is 46.9 Å². The molecule has 0 fully saturated rings. The molecule has 146 valence electrons. The van der Waals surface area contributed by atoms with E-state index in [2.05, 4.69) is 68.7 Å². The van der Waals surface area contributed by atoms with Gasteiger partial charge in [-0.3, -0.25) is 4.98 Å². The number of fused-ring (bicyclic) bond motifs is 3. The van der Waals surface area contributed by atoms with Crippen molar-refractivity contribution < 1.29 is 9.22 Å². The minimum Gasteiger partial charge on any atom is -0.490 e. The first-order chi connectivity index (χ1) is 13.3. The average molecular weight is 377 g/mol. The average Bonchev–Trinajstić information content (AvgIpc) is 2.81. The zero-order valence-corrected chi connectivity index (χ0v) is 17.7. The molecule has 4 heterocycles. The maximum Gasteiger partial charge on any atom is 0.143 e. The van der Waals surface area contributed by atoms with Gasteiger partial charge in [0.25, 0.3) is 0 Å². The van der Waals surface area contributed by atoms with Crippen LogP contribution in [0, 0.1) is 13.8 Å². The van der Waals surface area contributed by atoms with E-state index in [9.17, 15) is 0 Å². The van der Waals surface area contributed by atoms with Crippen molar-refractivity contribution in [3.63, 3.8) is 0 Å². The second-order valence-corrected chi connectivity index (χ2v) is 9.77. The molecular formula is C24H30N3O+. The minimum atomic E-state index is -0.0812. The Morgan fingerprint density at radius 1 is 1.18 bits per heavy atom. The fraction of sp³-hybridized carbons (Fsp3) is 0.458. The normalized spacial score (nSPS) is 23.2. The lowest BCUT2D eigenvalue weighted by Crippen LogP contribution is -2.44. The van der Waals surface area contributed by atoms with Crippen LogP contribution < -0.4 is 4.74 Å². The molecule has 0 radical (unpaired) electrons. The summed E-state index contributed by atoms with van der Waals surface area (Å²) in [6.07, 6.45) is 3.06. The van der Waals surface area contributed by atoms with E-state index in [1.54, 1.807) is 0 Å². The second-order valence-electron chi connectivity index (χ2n) is 9.77. The predicted molar refractivity (Wildman–Crippen MR) is 113 cm³/mol. The van der Waals surface area contributed by atoms with Gasteiger partial charge in [0.05, 0.1) is 32.8 Å². The summed E-state index contributed by atoms with van der Waals surface area (Å²) in [5, 5.41) is 1.39. The Morgan fingerprint density at radius 2 is 2.00 bits per heavy atom. The van der Waals surface area contributed by atoms with E-state index in [4.69, 9.17) is 4.74 Å². The monoisotopic (exact) mass is 376 g/mol. The molecule has 2 aromatic heterocycles. The molecule has 1 unspecified atom stereocenters. The van der Waals surface area contributed by atoms with Gasteiger partial charge < -0.3 is 13.8 Å². The number of hydrogen-bond acceptors (Lipinski definition) is 2. The van der Waals surface area contributed by atoms with Crippen molar-refractivity contribution >= 4 is 10.9 Å². The molecule has 2 aliphatic rings. The zero-order valence-electron chi connectivity index (χ0n) is 17.7. The molecular weight excluding hydrogens is 346 g/mol. The zero-order chi connectivity index (χ0) is 19.7. The van der Waals surface area contributed by atoms with Crippen molar-refractivity contribution in [2.75, 3.05) is 27.2 Å². The van der Waals surface area contributed by atoms with Gasteiger partial charge in [0.2, 0.25) is 0 Å². The Balaban J connectivity index is 1.73. The summed E-state index contributed by atoms with van der Waals surface area (Å²) >= 11 is 0. The highest BCUT2D eigenvalue weighted by Gasteiger charge is 2.37.